The van der Waals surface area contributed by atoms with E-state index in [0.717, 1.165) is 25.7 Å². The van der Waals surface area contributed by atoms with Gasteiger partial charge in [-0.25, -0.2) is 0 Å². The predicted octanol–water partition coefficient (Wildman–Crippen LogP) is 2.45. The fourth-order valence-electron chi connectivity index (χ4n) is 2.97. The Morgan fingerprint density at radius 2 is 2.00 bits per heavy atom. The number of aliphatic hydroxyl groups is 1. The van der Waals surface area contributed by atoms with E-state index in [1.807, 2.05) is 13.8 Å². The predicted molar refractivity (Wildman–Crippen MR) is 60.1 cm³/mol. The zero-order valence-electron chi connectivity index (χ0n) is 9.84. The van der Waals surface area contributed by atoms with Crippen LogP contribution in [-0.2, 0) is 0 Å². The lowest BCUT2D eigenvalue weighted by atomic mass is 9.65. The van der Waals surface area contributed by atoms with E-state index in [1.54, 1.807) is 0 Å². The first kappa shape index (κ1) is 12.0. The summed E-state index contributed by atoms with van der Waals surface area (Å²) in [7, 11) is 0. The molecule has 2 nitrogen and oxygen atoms in total. The van der Waals surface area contributed by atoms with Gasteiger partial charge in [0, 0.05) is 5.54 Å². The van der Waals surface area contributed by atoms with Gasteiger partial charge in [0.05, 0.1) is 5.60 Å². The Kier molecular flexibility index (Phi) is 3.59. The normalized spacial score (nSPS) is 34.5. The molecule has 0 heterocycles. The van der Waals surface area contributed by atoms with Crippen molar-refractivity contribution in [2.45, 2.75) is 70.4 Å². The monoisotopic (exact) mass is 199 g/mol. The van der Waals surface area contributed by atoms with Crippen LogP contribution in [0, 0.1) is 5.92 Å². The summed E-state index contributed by atoms with van der Waals surface area (Å²) in [5.41, 5.74) is 5.41. The van der Waals surface area contributed by atoms with Crippen LogP contribution >= 0.6 is 0 Å². The van der Waals surface area contributed by atoms with Crippen molar-refractivity contribution in [1.82, 2.24) is 0 Å². The second-order valence-corrected chi connectivity index (χ2v) is 5.10. The van der Waals surface area contributed by atoms with E-state index in [4.69, 9.17) is 5.73 Å². The van der Waals surface area contributed by atoms with E-state index < -0.39 is 5.60 Å². The highest BCUT2D eigenvalue weighted by molar-refractivity contribution is 5.04. The van der Waals surface area contributed by atoms with Crippen molar-refractivity contribution >= 4 is 0 Å². The van der Waals surface area contributed by atoms with Gasteiger partial charge in [0.2, 0.25) is 0 Å². The molecule has 0 aromatic carbocycles. The maximum Gasteiger partial charge on any atom is 0.0821 e. The average Bonchev–Trinajstić information content (AvgIpc) is 2.16. The summed E-state index contributed by atoms with van der Waals surface area (Å²) < 4.78 is 0. The highest BCUT2D eigenvalue weighted by atomic mass is 16.3. The van der Waals surface area contributed by atoms with Crippen LogP contribution in [-0.4, -0.2) is 16.2 Å². The summed E-state index contributed by atoms with van der Waals surface area (Å²) in [6.07, 6.45) is 5.93. The Bertz CT molecular complexity index is 189. The summed E-state index contributed by atoms with van der Waals surface area (Å²) in [5.74, 6) is 0.665. The quantitative estimate of drug-likeness (QED) is 0.733. The number of hydrogen-bond acceptors (Lipinski definition) is 2. The summed E-state index contributed by atoms with van der Waals surface area (Å²) in [6.45, 7) is 6.32. The topological polar surface area (TPSA) is 46.2 Å². The zero-order chi connectivity index (χ0) is 10.8. The van der Waals surface area contributed by atoms with Gasteiger partial charge in [0.15, 0.2) is 0 Å². The van der Waals surface area contributed by atoms with Gasteiger partial charge in [-0.1, -0.05) is 33.6 Å². The van der Waals surface area contributed by atoms with Gasteiger partial charge in [0.25, 0.3) is 0 Å². The van der Waals surface area contributed by atoms with Crippen molar-refractivity contribution in [2.24, 2.45) is 11.7 Å². The summed E-state index contributed by atoms with van der Waals surface area (Å²) in [5, 5.41) is 10.5. The Balaban J connectivity index is 2.80. The molecule has 3 N–H and O–H groups in total. The van der Waals surface area contributed by atoms with Crippen molar-refractivity contribution in [2.75, 3.05) is 0 Å². The van der Waals surface area contributed by atoms with Gasteiger partial charge in [0.1, 0.15) is 0 Å². The third-order valence-corrected chi connectivity index (χ3v) is 4.13. The van der Waals surface area contributed by atoms with Gasteiger partial charge in [-0.05, 0) is 31.6 Å². The molecule has 0 saturated heterocycles. The minimum absolute atomic E-state index is 0.339. The van der Waals surface area contributed by atoms with Crippen LogP contribution in [0.25, 0.3) is 0 Å². The van der Waals surface area contributed by atoms with Crippen molar-refractivity contribution in [3.05, 3.63) is 0 Å². The molecule has 2 atom stereocenters. The molecule has 0 amide bonds. The molecule has 2 heteroatoms. The van der Waals surface area contributed by atoms with Gasteiger partial charge in [-0.2, -0.15) is 0 Å². The first-order valence-electron chi connectivity index (χ1n) is 5.98. The molecule has 84 valence electrons. The molecule has 0 aromatic rings. The summed E-state index contributed by atoms with van der Waals surface area (Å²) in [6, 6.07) is 0. The standard InChI is InChI=1S/C12H25NO/c1-4-12(14,5-2)11(13)8-6-7-10(3)9-11/h10,14H,4-9,13H2,1-3H3. The van der Waals surface area contributed by atoms with Crippen molar-refractivity contribution in [1.29, 1.82) is 0 Å². The fraction of sp³-hybridized carbons (Fsp3) is 1.00. The second kappa shape index (κ2) is 4.19. The van der Waals surface area contributed by atoms with Crippen LogP contribution in [0.1, 0.15) is 59.3 Å². The minimum atomic E-state index is -0.651. The Labute approximate surface area is 87.9 Å². The maximum atomic E-state index is 10.5. The highest BCUT2D eigenvalue weighted by Gasteiger charge is 2.46. The number of hydrogen-bond donors (Lipinski definition) is 2. The maximum absolute atomic E-state index is 10.5. The molecule has 0 radical (unpaired) electrons. The average molecular weight is 199 g/mol. The zero-order valence-corrected chi connectivity index (χ0v) is 9.84. The number of rotatable bonds is 3. The van der Waals surface area contributed by atoms with E-state index in [-0.39, 0.29) is 5.54 Å². The van der Waals surface area contributed by atoms with Gasteiger partial charge >= 0.3 is 0 Å². The van der Waals surface area contributed by atoms with Crippen LogP contribution in [0.15, 0.2) is 0 Å². The van der Waals surface area contributed by atoms with Gasteiger partial charge in [-0.3, -0.25) is 0 Å². The van der Waals surface area contributed by atoms with Crippen LogP contribution in [0.3, 0.4) is 0 Å². The summed E-state index contributed by atoms with van der Waals surface area (Å²) >= 11 is 0. The Morgan fingerprint density at radius 1 is 1.43 bits per heavy atom. The van der Waals surface area contributed by atoms with E-state index >= 15 is 0 Å². The highest BCUT2D eigenvalue weighted by Crippen LogP contribution is 2.40. The van der Waals surface area contributed by atoms with Crippen molar-refractivity contribution in [3.8, 4) is 0 Å². The lowest BCUT2D eigenvalue weighted by molar-refractivity contribution is -0.0647. The molecule has 1 fully saturated rings. The lowest BCUT2D eigenvalue weighted by Crippen LogP contribution is -2.61. The van der Waals surface area contributed by atoms with E-state index in [0.29, 0.717) is 5.92 Å². The first-order valence-corrected chi connectivity index (χ1v) is 5.98. The molecule has 0 spiro atoms. The van der Waals surface area contributed by atoms with Crippen molar-refractivity contribution < 1.29 is 5.11 Å². The molecular weight excluding hydrogens is 174 g/mol. The van der Waals surface area contributed by atoms with E-state index in [9.17, 15) is 5.11 Å². The van der Waals surface area contributed by atoms with Crippen LogP contribution in [0.4, 0.5) is 0 Å². The van der Waals surface area contributed by atoms with Gasteiger partial charge < -0.3 is 10.8 Å². The Hall–Kier alpha value is -0.0800. The molecule has 1 aliphatic rings. The molecule has 2 unspecified atom stereocenters. The minimum Gasteiger partial charge on any atom is -0.388 e. The molecule has 0 aromatic heterocycles. The van der Waals surface area contributed by atoms with Gasteiger partial charge in [-0.15, -0.1) is 0 Å². The molecule has 1 rings (SSSR count). The molecule has 1 saturated carbocycles. The second-order valence-electron chi connectivity index (χ2n) is 5.10. The smallest absolute Gasteiger partial charge is 0.0821 e. The van der Waals surface area contributed by atoms with Crippen LogP contribution < -0.4 is 5.73 Å². The Morgan fingerprint density at radius 3 is 2.43 bits per heavy atom. The SMILES string of the molecule is CCC(O)(CC)C1(N)CCCC(C)C1. The lowest BCUT2D eigenvalue weighted by Gasteiger charge is -2.48. The van der Waals surface area contributed by atoms with E-state index in [2.05, 4.69) is 6.92 Å². The fourth-order valence-corrected chi connectivity index (χ4v) is 2.97. The van der Waals surface area contributed by atoms with Crippen LogP contribution in [0.5, 0.6) is 0 Å². The summed E-state index contributed by atoms with van der Waals surface area (Å²) in [4.78, 5) is 0. The largest absolute Gasteiger partial charge is 0.388 e. The molecule has 0 bridgehead atoms. The van der Waals surface area contributed by atoms with Crippen molar-refractivity contribution in [3.63, 3.8) is 0 Å². The molecule has 14 heavy (non-hydrogen) atoms. The third kappa shape index (κ3) is 1.96. The third-order valence-electron chi connectivity index (χ3n) is 4.13. The molecular formula is C12H25NO. The van der Waals surface area contributed by atoms with Crippen LogP contribution in [0.2, 0.25) is 0 Å². The molecule has 0 aliphatic heterocycles. The van der Waals surface area contributed by atoms with E-state index in [1.165, 1.54) is 12.8 Å². The molecule has 1 aliphatic carbocycles. The number of nitrogens with two attached hydrogens (primary N) is 1. The first-order chi connectivity index (χ1) is 6.47.